The number of nitrogens with zero attached hydrogens (tertiary/aromatic N) is 2. The van der Waals surface area contributed by atoms with Crippen LogP contribution in [-0.2, 0) is 14.4 Å². The molecule has 3 amide bonds. The second kappa shape index (κ2) is 5.33. The van der Waals surface area contributed by atoms with Crippen LogP contribution in [0.4, 0.5) is 0 Å². The number of likely N-dealkylation sites (tertiary alicyclic amines) is 1. The third-order valence-electron chi connectivity index (χ3n) is 3.45. The van der Waals surface area contributed by atoms with Gasteiger partial charge in [-0.3, -0.25) is 19.3 Å². The zero-order chi connectivity index (χ0) is 13.1. The van der Waals surface area contributed by atoms with Crippen LogP contribution < -0.4 is 0 Å². The molecule has 0 aromatic carbocycles. The number of rotatable bonds is 3. The van der Waals surface area contributed by atoms with Crippen LogP contribution in [0.5, 0.6) is 0 Å². The topological polar surface area (TPSA) is 57.7 Å². The van der Waals surface area contributed by atoms with E-state index in [2.05, 4.69) is 0 Å². The average Bonchev–Trinajstić information content (AvgIpc) is 2.62. The molecule has 0 spiro atoms. The first-order chi connectivity index (χ1) is 8.59. The molecule has 0 bridgehead atoms. The lowest BCUT2D eigenvalue weighted by atomic mass is 10.1. The van der Waals surface area contributed by atoms with Crippen molar-refractivity contribution in [1.29, 1.82) is 0 Å². The largest absolute Gasteiger partial charge is 0.343 e. The lowest BCUT2D eigenvalue weighted by Crippen LogP contribution is -2.39. The van der Waals surface area contributed by atoms with Gasteiger partial charge in [0.15, 0.2) is 0 Å². The van der Waals surface area contributed by atoms with Crippen LogP contribution in [0, 0.1) is 0 Å². The molecule has 0 N–H and O–H groups in total. The summed E-state index contributed by atoms with van der Waals surface area (Å²) in [4.78, 5) is 38.0. The van der Waals surface area contributed by atoms with E-state index in [9.17, 15) is 14.4 Å². The molecule has 0 unspecified atom stereocenters. The van der Waals surface area contributed by atoms with Crippen molar-refractivity contribution >= 4 is 17.7 Å². The molecule has 2 rings (SSSR count). The van der Waals surface area contributed by atoms with Gasteiger partial charge in [0.2, 0.25) is 5.91 Å². The molecule has 0 aromatic heterocycles. The van der Waals surface area contributed by atoms with Gasteiger partial charge in [-0.25, -0.2) is 0 Å². The molecule has 5 heteroatoms. The van der Waals surface area contributed by atoms with E-state index >= 15 is 0 Å². The molecule has 5 nitrogen and oxygen atoms in total. The molecule has 2 aliphatic rings. The highest BCUT2D eigenvalue weighted by atomic mass is 16.2. The van der Waals surface area contributed by atoms with Gasteiger partial charge in [-0.1, -0.05) is 0 Å². The maximum absolute atomic E-state index is 11.9. The smallest absolute Gasteiger partial charge is 0.256 e. The van der Waals surface area contributed by atoms with Crippen molar-refractivity contribution in [2.75, 3.05) is 19.6 Å². The minimum Gasteiger partial charge on any atom is -0.343 e. The van der Waals surface area contributed by atoms with Crippen LogP contribution in [0.1, 0.15) is 32.6 Å². The zero-order valence-corrected chi connectivity index (χ0v) is 10.6. The Balaban J connectivity index is 1.83. The average molecular weight is 250 g/mol. The van der Waals surface area contributed by atoms with Gasteiger partial charge in [0, 0.05) is 37.7 Å². The van der Waals surface area contributed by atoms with Crippen LogP contribution in [0.3, 0.4) is 0 Å². The molecule has 18 heavy (non-hydrogen) atoms. The van der Waals surface area contributed by atoms with E-state index in [0.717, 1.165) is 30.8 Å². The molecule has 0 aliphatic carbocycles. The van der Waals surface area contributed by atoms with Gasteiger partial charge in [-0.15, -0.1) is 0 Å². The van der Waals surface area contributed by atoms with Crippen LogP contribution in [-0.4, -0.2) is 47.2 Å². The van der Waals surface area contributed by atoms with Crippen molar-refractivity contribution in [3.63, 3.8) is 0 Å². The van der Waals surface area contributed by atoms with Crippen LogP contribution >= 0.6 is 0 Å². The number of imide groups is 1. The molecule has 0 aromatic rings. The van der Waals surface area contributed by atoms with Gasteiger partial charge < -0.3 is 4.90 Å². The van der Waals surface area contributed by atoms with Gasteiger partial charge in [0.05, 0.1) is 0 Å². The van der Waals surface area contributed by atoms with Gasteiger partial charge in [-0.2, -0.15) is 0 Å². The van der Waals surface area contributed by atoms with Crippen LogP contribution in [0.15, 0.2) is 11.6 Å². The molecule has 0 radical (unpaired) electrons. The monoisotopic (exact) mass is 250 g/mol. The lowest BCUT2D eigenvalue weighted by molar-refractivity contribution is -0.138. The summed E-state index contributed by atoms with van der Waals surface area (Å²) in [6.07, 6.45) is 4.84. The zero-order valence-electron chi connectivity index (χ0n) is 10.6. The summed E-state index contributed by atoms with van der Waals surface area (Å²) >= 11 is 0. The minimum absolute atomic E-state index is 0.0415. The fourth-order valence-electron chi connectivity index (χ4n) is 2.36. The Morgan fingerprint density at radius 3 is 2.44 bits per heavy atom. The minimum atomic E-state index is -0.302. The number of carbonyl (C=O) groups excluding carboxylic acids is 3. The fraction of sp³-hybridized carbons (Fsp3) is 0.615. The van der Waals surface area contributed by atoms with Gasteiger partial charge >= 0.3 is 0 Å². The van der Waals surface area contributed by atoms with Gasteiger partial charge in [0.25, 0.3) is 11.8 Å². The van der Waals surface area contributed by atoms with Crippen molar-refractivity contribution in [1.82, 2.24) is 9.80 Å². The SMILES string of the molecule is CC1=CC(=O)N(CCC(=O)N2CCCCC2)C1=O. The second-order valence-electron chi connectivity index (χ2n) is 4.81. The summed E-state index contributed by atoms with van der Waals surface area (Å²) in [5, 5.41) is 0. The first kappa shape index (κ1) is 12.8. The highest BCUT2D eigenvalue weighted by molar-refractivity contribution is 6.15. The van der Waals surface area contributed by atoms with Gasteiger partial charge in [0.1, 0.15) is 0 Å². The van der Waals surface area contributed by atoms with E-state index in [1.807, 2.05) is 4.90 Å². The Hall–Kier alpha value is -1.65. The highest BCUT2D eigenvalue weighted by Crippen LogP contribution is 2.14. The standard InChI is InChI=1S/C13H18N2O3/c1-10-9-12(17)15(13(10)18)8-5-11(16)14-6-3-2-4-7-14/h9H,2-8H2,1H3. The summed E-state index contributed by atoms with van der Waals surface area (Å²) in [6, 6.07) is 0. The Morgan fingerprint density at radius 1 is 1.22 bits per heavy atom. The maximum Gasteiger partial charge on any atom is 0.256 e. The van der Waals surface area contributed by atoms with Crippen molar-refractivity contribution in [2.24, 2.45) is 0 Å². The summed E-state index contributed by atoms with van der Waals surface area (Å²) in [7, 11) is 0. The van der Waals surface area contributed by atoms with E-state index in [1.54, 1.807) is 6.92 Å². The normalized spacial score (nSPS) is 20.4. The number of piperidine rings is 1. The molecule has 0 saturated carbocycles. The van der Waals surface area contributed by atoms with Crippen molar-refractivity contribution in [3.8, 4) is 0 Å². The summed E-state index contributed by atoms with van der Waals surface area (Å²) < 4.78 is 0. The molecule has 2 heterocycles. The summed E-state index contributed by atoms with van der Waals surface area (Å²) in [5.41, 5.74) is 0.449. The Kier molecular flexibility index (Phi) is 3.79. The number of hydrogen-bond donors (Lipinski definition) is 0. The van der Waals surface area contributed by atoms with Crippen LogP contribution in [0.25, 0.3) is 0 Å². The van der Waals surface area contributed by atoms with Crippen LogP contribution in [0.2, 0.25) is 0 Å². The molecule has 1 saturated heterocycles. The van der Waals surface area contributed by atoms with Gasteiger partial charge in [-0.05, 0) is 26.2 Å². The van der Waals surface area contributed by atoms with E-state index < -0.39 is 0 Å². The van der Waals surface area contributed by atoms with E-state index in [4.69, 9.17) is 0 Å². The molecule has 0 atom stereocenters. The Bertz CT molecular complexity index is 408. The summed E-state index contributed by atoms with van der Waals surface area (Å²) in [6.45, 7) is 3.42. The molecule has 2 aliphatic heterocycles. The number of amides is 3. The van der Waals surface area contributed by atoms with Crippen molar-refractivity contribution < 1.29 is 14.4 Å². The Morgan fingerprint density at radius 2 is 1.89 bits per heavy atom. The predicted octanol–water partition coefficient (Wildman–Crippen LogP) is 0.704. The second-order valence-corrected chi connectivity index (χ2v) is 4.81. The number of carbonyl (C=O) groups is 3. The Labute approximate surface area is 106 Å². The predicted molar refractivity (Wildman–Crippen MR) is 65.5 cm³/mol. The molecule has 1 fully saturated rings. The third-order valence-corrected chi connectivity index (χ3v) is 3.45. The first-order valence-electron chi connectivity index (χ1n) is 6.41. The fourth-order valence-corrected chi connectivity index (χ4v) is 2.36. The summed E-state index contributed by atoms with van der Waals surface area (Å²) in [5.74, 6) is -0.532. The van der Waals surface area contributed by atoms with E-state index in [1.165, 1.54) is 12.5 Å². The molecular formula is C13H18N2O3. The highest BCUT2D eigenvalue weighted by Gasteiger charge is 2.29. The van der Waals surface area contributed by atoms with Crippen molar-refractivity contribution in [3.05, 3.63) is 11.6 Å². The molecule has 98 valence electrons. The molecular weight excluding hydrogens is 232 g/mol. The quantitative estimate of drug-likeness (QED) is 0.693. The number of hydrogen-bond acceptors (Lipinski definition) is 3. The third kappa shape index (κ3) is 2.60. The van der Waals surface area contributed by atoms with E-state index in [0.29, 0.717) is 5.57 Å². The van der Waals surface area contributed by atoms with E-state index in [-0.39, 0.29) is 30.7 Å². The maximum atomic E-state index is 11.9. The first-order valence-corrected chi connectivity index (χ1v) is 6.41. The lowest BCUT2D eigenvalue weighted by Gasteiger charge is -2.27. The van der Waals surface area contributed by atoms with Crippen molar-refractivity contribution in [2.45, 2.75) is 32.6 Å².